The highest BCUT2D eigenvalue weighted by Gasteiger charge is 2.18. The van der Waals surface area contributed by atoms with Crippen LogP contribution in [0.3, 0.4) is 0 Å². The van der Waals surface area contributed by atoms with E-state index in [1.165, 1.54) is 16.4 Å². The van der Waals surface area contributed by atoms with Gasteiger partial charge in [-0.3, -0.25) is 4.79 Å². The van der Waals surface area contributed by atoms with E-state index >= 15 is 0 Å². The van der Waals surface area contributed by atoms with Gasteiger partial charge in [0.2, 0.25) is 0 Å². The highest BCUT2D eigenvalue weighted by Crippen LogP contribution is 2.31. The van der Waals surface area contributed by atoms with Crippen molar-refractivity contribution in [3.8, 4) is 21.9 Å². The number of esters is 2. The molecule has 0 amide bonds. The molecule has 0 radical (unpaired) electrons. The molecule has 3 rings (SSSR count). The van der Waals surface area contributed by atoms with Gasteiger partial charge in [0, 0.05) is 11.3 Å². The molecule has 3 aromatic rings. The van der Waals surface area contributed by atoms with Crippen molar-refractivity contribution < 1.29 is 29.0 Å². The van der Waals surface area contributed by atoms with Gasteiger partial charge in [-0.25, -0.2) is 4.79 Å². The summed E-state index contributed by atoms with van der Waals surface area (Å²) in [4.78, 5) is 40.4. The molecule has 0 unspecified atom stereocenters. The Hall–Kier alpha value is -3.15. The standard InChI is InChI=1S/C22H19NO7S3/c1-2-14-5-10-18(30-20(24)4-3-11-28-23(26)27)17(12-14)22(25)29-16-8-6-15(7-9-16)19-13-21(31)33-32-19/h5-10,12-13H,2-4,11H2,1H3. The quantitative estimate of drug-likeness (QED) is 0.0640. The minimum Gasteiger partial charge on any atom is -0.426 e. The van der Waals surface area contributed by atoms with E-state index in [1.54, 1.807) is 34.6 Å². The number of hydrogen-bond acceptors (Lipinski definition) is 10. The zero-order valence-electron chi connectivity index (χ0n) is 17.5. The lowest BCUT2D eigenvalue weighted by atomic mass is 10.1. The lowest BCUT2D eigenvalue weighted by Gasteiger charge is -2.12. The predicted octanol–water partition coefficient (Wildman–Crippen LogP) is 5.88. The number of nitrogens with zero attached hydrogens (tertiary/aromatic N) is 1. The first-order valence-electron chi connectivity index (χ1n) is 9.89. The Morgan fingerprint density at radius 1 is 1.06 bits per heavy atom. The number of aryl methyl sites for hydroxylation is 1. The fraction of sp³-hybridized carbons (Fsp3) is 0.227. The van der Waals surface area contributed by atoms with Crippen LogP contribution in [0, 0.1) is 13.9 Å². The average molecular weight is 506 g/mol. The third-order valence-corrected chi connectivity index (χ3v) is 7.34. The van der Waals surface area contributed by atoms with Crippen molar-refractivity contribution in [1.82, 2.24) is 0 Å². The second-order valence-electron chi connectivity index (χ2n) is 6.73. The van der Waals surface area contributed by atoms with Gasteiger partial charge >= 0.3 is 11.9 Å². The Bertz CT molecular complexity index is 1200. The van der Waals surface area contributed by atoms with Crippen molar-refractivity contribution in [1.29, 1.82) is 0 Å². The van der Waals surface area contributed by atoms with Crippen LogP contribution in [-0.2, 0) is 16.1 Å². The van der Waals surface area contributed by atoms with E-state index in [0.29, 0.717) is 12.2 Å². The highest BCUT2D eigenvalue weighted by atomic mass is 32.9. The molecule has 0 aliphatic heterocycles. The topological polar surface area (TPSA) is 105 Å². The largest absolute Gasteiger partial charge is 0.426 e. The fourth-order valence-electron chi connectivity index (χ4n) is 2.80. The smallest absolute Gasteiger partial charge is 0.347 e. The Balaban J connectivity index is 1.70. The van der Waals surface area contributed by atoms with Gasteiger partial charge in [0.1, 0.15) is 20.9 Å². The van der Waals surface area contributed by atoms with Crippen LogP contribution < -0.4 is 9.47 Å². The maximum atomic E-state index is 12.9. The molecule has 172 valence electrons. The van der Waals surface area contributed by atoms with Crippen molar-refractivity contribution in [3.63, 3.8) is 0 Å². The van der Waals surface area contributed by atoms with Crippen LogP contribution in [0.2, 0.25) is 0 Å². The molecule has 0 fully saturated rings. The Labute approximate surface area is 201 Å². The van der Waals surface area contributed by atoms with Gasteiger partial charge in [0.05, 0.1) is 6.61 Å². The third-order valence-electron chi connectivity index (χ3n) is 4.43. The van der Waals surface area contributed by atoms with Crippen molar-refractivity contribution in [2.24, 2.45) is 0 Å². The van der Waals surface area contributed by atoms with Crippen LogP contribution >= 0.6 is 32.9 Å². The van der Waals surface area contributed by atoms with Crippen molar-refractivity contribution in [3.05, 3.63) is 73.6 Å². The molecule has 0 aliphatic carbocycles. The monoisotopic (exact) mass is 505 g/mol. The predicted molar refractivity (Wildman–Crippen MR) is 127 cm³/mol. The molecule has 0 saturated heterocycles. The Morgan fingerprint density at radius 3 is 2.45 bits per heavy atom. The number of carbonyl (C=O) groups excluding carboxylic acids is 2. The van der Waals surface area contributed by atoms with Gasteiger partial charge < -0.3 is 14.3 Å². The number of ether oxygens (including phenoxy) is 2. The van der Waals surface area contributed by atoms with Crippen LogP contribution in [-0.4, -0.2) is 23.6 Å². The molecule has 0 bridgehead atoms. The summed E-state index contributed by atoms with van der Waals surface area (Å²) < 4.78 is 11.6. The van der Waals surface area contributed by atoms with E-state index in [9.17, 15) is 19.7 Å². The van der Waals surface area contributed by atoms with E-state index in [0.717, 1.165) is 19.8 Å². The summed E-state index contributed by atoms with van der Waals surface area (Å²) in [6, 6.07) is 13.9. The summed E-state index contributed by atoms with van der Waals surface area (Å²) in [5, 5.41) is 9.25. The Kier molecular flexibility index (Phi) is 8.64. The summed E-state index contributed by atoms with van der Waals surface area (Å²) >= 11 is 5.16. The maximum Gasteiger partial charge on any atom is 0.347 e. The van der Waals surface area contributed by atoms with Crippen molar-refractivity contribution >= 4 is 44.8 Å². The molecule has 1 aromatic heterocycles. The van der Waals surface area contributed by atoms with E-state index < -0.39 is 17.0 Å². The molecule has 11 heteroatoms. The normalized spacial score (nSPS) is 10.5. The molecule has 1 heterocycles. The van der Waals surface area contributed by atoms with Gasteiger partial charge in [-0.2, -0.15) is 0 Å². The summed E-state index contributed by atoms with van der Waals surface area (Å²) in [6.07, 6.45) is 0.680. The summed E-state index contributed by atoms with van der Waals surface area (Å²) in [7, 11) is 3.10. The number of hydrogen-bond donors (Lipinski definition) is 0. The van der Waals surface area contributed by atoms with E-state index in [-0.39, 0.29) is 30.8 Å². The summed E-state index contributed by atoms with van der Waals surface area (Å²) in [5.74, 6) is -0.891. The average Bonchev–Trinajstić information content (AvgIpc) is 3.23. The lowest BCUT2D eigenvalue weighted by Crippen LogP contribution is -2.15. The fourth-order valence-corrected chi connectivity index (χ4v) is 5.20. The number of carbonyl (C=O) groups is 2. The first kappa shape index (κ1) is 24.5. The van der Waals surface area contributed by atoms with Crippen LogP contribution in [0.15, 0.2) is 48.5 Å². The molecule has 2 aromatic carbocycles. The highest BCUT2D eigenvalue weighted by molar-refractivity contribution is 7.80. The van der Waals surface area contributed by atoms with Gasteiger partial charge in [-0.05, 0) is 66.4 Å². The van der Waals surface area contributed by atoms with Gasteiger partial charge in [0.15, 0.2) is 0 Å². The zero-order chi connectivity index (χ0) is 23.8. The Morgan fingerprint density at radius 2 is 1.82 bits per heavy atom. The summed E-state index contributed by atoms with van der Waals surface area (Å²) in [5.41, 5.74) is 1.95. The van der Waals surface area contributed by atoms with Gasteiger partial charge in [0.25, 0.3) is 5.09 Å². The van der Waals surface area contributed by atoms with Crippen LogP contribution in [0.1, 0.15) is 35.7 Å². The molecule has 8 nitrogen and oxygen atoms in total. The van der Waals surface area contributed by atoms with E-state index in [2.05, 4.69) is 4.84 Å². The minimum atomic E-state index is -0.924. The number of rotatable bonds is 10. The SMILES string of the molecule is CCc1ccc(OC(=O)CCCO[N+](=O)[O-])c(C(=O)Oc2ccc(-c3cc(=S)ss3)cc2)c1. The van der Waals surface area contributed by atoms with E-state index in [4.69, 9.17) is 21.7 Å². The minimum absolute atomic E-state index is 0.0621. The zero-order valence-corrected chi connectivity index (χ0v) is 19.9. The van der Waals surface area contributed by atoms with Crippen molar-refractivity contribution in [2.75, 3.05) is 6.61 Å². The molecule has 0 spiro atoms. The molecular formula is C22H19NO7S3. The molecular weight excluding hydrogens is 486 g/mol. The van der Waals surface area contributed by atoms with Crippen molar-refractivity contribution in [2.45, 2.75) is 26.2 Å². The van der Waals surface area contributed by atoms with E-state index in [1.807, 2.05) is 25.1 Å². The van der Waals surface area contributed by atoms with Crippen LogP contribution in [0.25, 0.3) is 10.4 Å². The summed E-state index contributed by atoms with van der Waals surface area (Å²) in [6.45, 7) is 1.71. The molecule has 0 atom stereocenters. The van der Waals surface area contributed by atoms with Crippen LogP contribution in [0.4, 0.5) is 0 Å². The lowest BCUT2D eigenvalue weighted by molar-refractivity contribution is -0.757. The second-order valence-corrected chi connectivity index (χ2v) is 9.64. The third kappa shape index (κ3) is 7.17. The van der Waals surface area contributed by atoms with Crippen LogP contribution in [0.5, 0.6) is 11.5 Å². The molecule has 0 N–H and O–H groups in total. The maximum absolute atomic E-state index is 12.9. The first-order valence-corrected chi connectivity index (χ1v) is 12.4. The molecule has 0 saturated carbocycles. The number of benzene rings is 2. The van der Waals surface area contributed by atoms with Gasteiger partial charge in [-0.1, -0.05) is 45.9 Å². The second kappa shape index (κ2) is 11.6. The first-order chi connectivity index (χ1) is 15.9. The molecule has 0 aliphatic rings. The molecule has 33 heavy (non-hydrogen) atoms. The van der Waals surface area contributed by atoms with Gasteiger partial charge in [-0.15, -0.1) is 10.1 Å².